The third-order valence-electron chi connectivity index (χ3n) is 6.84. The van der Waals surface area contributed by atoms with Crippen LogP contribution in [0.5, 0.6) is 5.75 Å². The van der Waals surface area contributed by atoms with Crippen LogP contribution in [0.3, 0.4) is 0 Å². The number of benzene rings is 1. The zero-order chi connectivity index (χ0) is 27.0. The van der Waals surface area contributed by atoms with Crippen LogP contribution < -0.4 is 19.4 Å². The lowest BCUT2D eigenvalue weighted by molar-refractivity contribution is -0.189. The maximum Gasteiger partial charge on any atom is 0.491 e. The Balaban J connectivity index is 1.40. The average Bonchev–Trinajstić information content (AvgIpc) is 3.64. The monoisotopic (exact) mass is 538 g/mol. The van der Waals surface area contributed by atoms with E-state index in [1.54, 1.807) is 18.3 Å². The summed E-state index contributed by atoms with van der Waals surface area (Å²) in [4.78, 5) is 32.1. The predicted octanol–water partition coefficient (Wildman–Crippen LogP) is 3.91. The molecule has 9 nitrogen and oxygen atoms in total. The third kappa shape index (κ3) is 5.11. The van der Waals surface area contributed by atoms with E-state index in [2.05, 4.69) is 31.7 Å². The Morgan fingerprint density at radius 2 is 1.77 bits per heavy atom. The van der Waals surface area contributed by atoms with Gasteiger partial charge in [-0.05, 0) is 24.6 Å². The van der Waals surface area contributed by atoms with E-state index in [9.17, 15) is 18.0 Å². The van der Waals surface area contributed by atoms with Gasteiger partial charge in [-0.3, -0.25) is 0 Å². The molecule has 0 bridgehead atoms. The highest BCUT2D eigenvalue weighted by atomic mass is 19.4. The van der Waals surface area contributed by atoms with Gasteiger partial charge in [0.05, 0.1) is 18.9 Å². The summed E-state index contributed by atoms with van der Waals surface area (Å²) >= 11 is 0. The molecular weight excluding hydrogens is 513 g/mol. The van der Waals surface area contributed by atoms with E-state index >= 15 is 0 Å². The fourth-order valence-electron chi connectivity index (χ4n) is 4.92. The highest BCUT2D eigenvalue weighted by molar-refractivity contribution is 5.80. The number of hydrogen-bond donors (Lipinski definition) is 0. The zero-order valence-corrected chi connectivity index (χ0v) is 20.9. The second-order valence-electron chi connectivity index (χ2n) is 9.34. The molecule has 0 amide bonds. The number of aromatic nitrogens is 3. The minimum atomic E-state index is -5.09. The van der Waals surface area contributed by atoms with Crippen molar-refractivity contribution in [1.29, 1.82) is 0 Å². The van der Waals surface area contributed by atoms with Crippen molar-refractivity contribution in [3.8, 4) is 17.0 Å². The van der Waals surface area contributed by atoms with Crippen LogP contribution in [0, 0.1) is 0 Å². The molecule has 3 aromatic rings. The number of carbonyl (C=O) groups excluding carboxylic acids is 1. The highest BCUT2D eigenvalue weighted by Gasteiger charge is 2.41. The van der Waals surface area contributed by atoms with Gasteiger partial charge in [-0.1, -0.05) is 24.3 Å². The SMILES string of the molecule is O=C(Oc1cccc(-c2nc(N3CCOCC3)nc3c2CCN3c2ccnc(N3CC=CC3)c2)c1)C(F)(F)F. The number of rotatable bonds is 5. The van der Waals surface area contributed by atoms with Gasteiger partial charge in [0.25, 0.3) is 0 Å². The number of nitrogens with zero attached hydrogens (tertiary/aromatic N) is 6. The first kappa shape index (κ1) is 25.1. The first-order valence-electron chi connectivity index (χ1n) is 12.6. The zero-order valence-electron chi connectivity index (χ0n) is 20.9. The molecule has 5 heterocycles. The van der Waals surface area contributed by atoms with E-state index in [4.69, 9.17) is 14.7 Å². The van der Waals surface area contributed by atoms with Crippen LogP contribution >= 0.6 is 0 Å². The van der Waals surface area contributed by atoms with Crippen molar-refractivity contribution in [3.05, 3.63) is 60.3 Å². The van der Waals surface area contributed by atoms with Gasteiger partial charge in [0.1, 0.15) is 17.4 Å². The number of alkyl halides is 3. The van der Waals surface area contributed by atoms with Crippen molar-refractivity contribution in [3.63, 3.8) is 0 Å². The summed E-state index contributed by atoms with van der Waals surface area (Å²) in [6.45, 7) is 4.56. The minimum Gasteiger partial charge on any atom is -0.420 e. The van der Waals surface area contributed by atoms with Crippen LogP contribution in [0.1, 0.15) is 5.56 Å². The number of esters is 1. The van der Waals surface area contributed by atoms with Crippen LogP contribution in [0.15, 0.2) is 54.7 Å². The van der Waals surface area contributed by atoms with Gasteiger partial charge in [-0.15, -0.1) is 0 Å². The number of pyridine rings is 1. The molecule has 1 aromatic carbocycles. The molecule has 3 aliphatic rings. The van der Waals surface area contributed by atoms with Crippen molar-refractivity contribution in [1.82, 2.24) is 15.0 Å². The Kier molecular flexibility index (Phi) is 6.55. The fraction of sp³-hybridized carbons (Fsp3) is 0.333. The predicted molar refractivity (Wildman–Crippen MR) is 138 cm³/mol. The van der Waals surface area contributed by atoms with Crippen LogP contribution in [-0.4, -0.2) is 73.0 Å². The number of carbonyl (C=O) groups is 1. The molecule has 0 radical (unpaired) electrons. The normalized spacial score (nSPS) is 17.1. The van der Waals surface area contributed by atoms with E-state index < -0.39 is 12.1 Å². The van der Waals surface area contributed by atoms with Gasteiger partial charge in [-0.25, -0.2) is 14.8 Å². The second-order valence-corrected chi connectivity index (χ2v) is 9.34. The van der Waals surface area contributed by atoms with Gasteiger partial charge >= 0.3 is 12.1 Å². The molecule has 0 aliphatic carbocycles. The third-order valence-corrected chi connectivity index (χ3v) is 6.84. The van der Waals surface area contributed by atoms with Crippen LogP contribution in [0.4, 0.5) is 36.4 Å². The van der Waals surface area contributed by atoms with Crippen molar-refractivity contribution in [2.75, 3.05) is 60.6 Å². The molecule has 0 N–H and O–H groups in total. The summed E-state index contributed by atoms with van der Waals surface area (Å²) in [5.74, 6) is -0.365. The topological polar surface area (TPSA) is 83.9 Å². The van der Waals surface area contributed by atoms with Crippen LogP contribution in [-0.2, 0) is 16.0 Å². The molecule has 12 heteroatoms. The molecule has 39 heavy (non-hydrogen) atoms. The number of anilines is 4. The molecular formula is C27H25F3N6O3. The van der Waals surface area contributed by atoms with E-state index in [0.717, 1.165) is 36.0 Å². The molecule has 1 saturated heterocycles. The van der Waals surface area contributed by atoms with Crippen molar-refractivity contribution in [2.45, 2.75) is 12.6 Å². The second kappa shape index (κ2) is 10.2. The number of hydrogen-bond acceptors (Lipinski definition) is 9. The molecule has 202 valence electrons. The first-order chi connectivity index (χ1) is 18.9. The molecule has 6 rings (SSSR count). The fourth-order valence-corrected chi connectivity index (χ4v) is 4.92. The lowest BCUT2D eigenvalue weighted by atomic mass is 10.1. The van der Waals surface area contributed by atoms with E-state index in [1.807, 2.05) is 17.0 Å². The quantitative estimate of drug-likeness (QED) is 0.273. The number of morpholine rings is 1. The van der Waals surface area contributed by atoms with E-state index in [-0.39, 0.29) is 5.75 Å². The summed E-state index contributed by atoms with van der Waals surface area (Å²) in [7, 11) is 0. The Bertz CT molecular complexity index is 1420. The summed E-state index contributed by atoms with van der Waals surface area (Å²) in [6.07, 6.45) is 1.53. The highest BCUT2D eigenvalue weighted by Crippen LogP contribution is 2.40. The molecule has 3 aliphatic heterocycles. The number of fused-ring (bicyclic) bond motifs is 1. The molecule has 0 saturated carbocycles. The Morgan fingerprint density at radius 1 is 0.974 bits per heavy atom. The summed E-state index contributed by atoms with van der Waals surface area (Å²) in [5.41, 5.74) is 2.94. The van der Waals surface area contributed by atoms with Gasteiger partial charge in [0.2, 0.25) is 5.95 Å². The standard InChI is InChI=1S/C27H25F3N6O3/c28-27(29,30)25(37)39-20-5-3-4-18(16-20)23-21-7-11-36(19-6-8-31-22(17-19)34-9-1-2-10-34)24(21)33-26(32-23)35-12-14-38-15-13-35/h1-6,8,16-17H,7,9-15H2. The average molecular weight is 539 g/mol. The molecule has 0 spiro atoms. The van der Waals surface area contributed by atoms with Gasteiger partial charge < -0.3 is 24.2 Å². The van der Waals surface area contributed by atoms with Gasteiger partial charge in [0, 0.05) is 61.8 Å². The van der Waals surface area contributed by atoms with Crippen LogP contribution in [0.25, 0.3) is 11.3 Å². The molecule has 1 fully saturated rings. The lowest BCUT2D eigenvalue weighted by Gasteiger charge is -2.28. The first-order valence-corrected chi connectivity index (χ1v) is 12.6. The van der Waals surface area contributed by atoms with Crippen molar-refractivity contribution in [2.24, 2.45) is 0 Å². The van der Waals surface area contributed by atoms with Crippen molar-refractivity contribution < 1.29 is 27.4 Å². The minimum absolute atomic E-state index is 0.206. The summed E-state index contributed by atoms with van der Waals surface area (Å²) < 4.78 is 48.5. The van der Waals surface area contributed by atoms with E-state index in [1.165, 1.54) is 12.1 Å². The van der Waals surface area contributed by atoms with Crippen LogP contribution in [0.2, 0.25) is 0 Å². The molecule has 0 unspecified atom stereocenters. The number of ether oxygens (including phenoxy) is 2. The Morgan fingerprint density at radius 3 is 2.54 bits per heavy atom. The summed E-state index contributed by atoms with van der Waals surface area (Å²) in [5, 5.41) is 0. The molecule has 2 aromatic heterocycles. The summed E-state index contributed by atoms with van der Waals surface area (Å²) in [6, 6.07) is 9.98. The maximum atomic E-state index is 12.8. The lowest BCUT2D eigenvalue weighted by Crippen LogP contribution is -2.37. The largest absolute Gasteiger partial charge is 0.491 e. The van der Waals surface area contributed by atoms with Gasteiger partial charge in [0.15, 0.2) is 0 Å². The number of halogens is 3. The maximum absolute atomic E-state index is 12.8. The Labute approximate surface area is 222 Å². The Hall–Kier alpha value is -4.19. The van der Waals surface area contributed by atoms with Crippen molar-refractivity contribution >= 4 is 29.2 Å². The smallest absolute Gasteiger partial charge is 0.420 e. The van der Waals surface area contributed by atoms with Gasteiger partial charge in [-0.2, -0.15) is 18.2 Å². The van der Waals surface area contributed by atoms with E-state index in [0.29, 0.717) is 56.5 Å². The molecule has 0 atom stereocenters.